The molecular formula is C17H11ClN4OS. The SMILES string of the molecule is N#Cc1ccc(Cl)cc1NC(=O)CSc1nncc2ccccc12. The van der Waals surface area contributed by atoms with Gasteiger partial charge in [-0.25, -0.2) is 0 Å². The number of aromatic nitrogens is 2. The molecule has 1 N–H and O–H groups in total. The Morgan fingerprint density at radius 3 is 2.96 bits per heavy atom. The normalized spacial score (nSPS) is 10.3. The van der Waals surface area contributed by atoms with Crippen molar-refractivity contribution in [3.05, 3.63) is 59.2 Å². The molecule has 0 saturated carbocycles. The molecule has 0 atom stereocenters. The van der Waals surface area contributed by atoms with Crippen molar-refractivity contribution in [1.82, 2.24) is 10.2 Å². The van der Waals surface area contributed by atoms with Gasteiger partial charge in [-0.1, -0.05) is 47.6 Å². The number of hydrogen-bond donors (Lipinski definition) is 1. The third-order valence-electron chi connectivity index (χ3n) is 3.25. The fraction of sp³-hybridized carbons (Fsp3) is 0.0588. The van der Waals surface area contributed by atoms with Crippen LogP contribution < -0.4 is 5.32 Å². The van der Waals surface area contributed by atoms with Gasteiger partial charge in [0.05, 0.1) is 23.2 Å². The van der Waals surface area contributed by atoms with E-state index in [-0.39, 0.29) is 11.7 Å². The van der Waals surface area contributed by atoms with Crippen LogP contribution in [-0.4, -0.2) is 21.9 Å². The molecule has 0 fully saturated rings. The van der Waals surface area contributed by atoms with Crippen LogP contribution >= 0.6 is 23.4 Å². The fourth-order valence-corrected chi connectivity index (χ4v) is 3.10. The van der Waals surface area contributed by atoms with Crippen molar-refractivity contribution in [1.29, 1.82) is 5.26 Å². The molecule has 0 bridgehead atoms. The van der Waals surface area contributed by atoms with Crippen molar-refractivity contribution in [3.8, 4) is 6.07 Å². The van der Waals surface area contributed by atoms with Crippen LogP contribution in [0.5, 0.6) is 0 Å². The fourth-order valence-electron chi connectivity index (χ4n) is 2.15. The first-order valence-corrected chi connectivity index (χ1v) is 8.36. The lowest BCUT2D eigenvalue weighted by Crippen LogP contribution is -2.15. The lowest BCUT2D eigenvalue weighted by molar-refractivity contribution is -0.113. The number of carbonyl (C=O) groups is 1. The molecule has 0 unspecified atom stereocenters. The molecule has 0 aliphatic rings. The predicted octanol–water partition coefficient (Wildman–Crippen LogP) is 3.89. The summed E-state index contributed by atoms with van der Waals surface area (Å²) >= 11 is 7.20. The lowest BCUT2D eigenvalue weighted by atomic mass is 10.2. The Morgan fingerprint density at radius 2 is 2.12 bits per heavy atom. The van der Waals surface area contributed by atoms with E-state index in [2.05, 4.69) is 15.5 Å². The van der Waals surface area contributed by atoms with E-state index in [1.54, 1.807) is 24.4 Å². The molecule has 0 radical (unpaired) electrons. The number of rotatable bonds is 4. The van der Waals surface area contributed by atoms with Gasteiger partial charge in [-0.05, 0) is 18.2 Å². The molecule has 0 aliphatic carbocycles. The average Bonchev–Trinajstić information content (AvgIpc) is 2.60. The van der Waals surface area contributed by atoms with E-state index < -0.39 is 0 Å². The molecule has 5 nitrogen and oxygen atoms in total. The summed E-state index contributed by atoms with van der Waals surface area (Å²) in [5.41, 5.74) is 0.766. The molecule has 1 amide bonds. The first-order chi connectivity index (χ1) is 11.7. The van der Waals surface area contributed by atoms with Gasteiger partial charge in [0, 0.05) is 15.8 Å². The molecule has 0 saturated heterocycles. The van der Waals surface area contributed by atoms with Crippen LogP contribution in [-0.2, 0) is 4.79 Å². The van der Waals surface area contributed by atoms with Crippen LogP contribution in [0.4, 0.5) is 5.69 Å². The number of thioether (sulfide) groups is 1. The number of anilines is 1. The van der Waals surface area contributed by atoms with E-state index in [9.17, 15) is 4.79 Å². The van der Waals surface area contributed by atoms with E-state index in [1.165, 1.54) is 11.8 Å². The van der Waals surface area contributed by atoms with Gasteiger partial charge in [0.15, 0.2) is 0 Å². The first kappa shape index (κ1) is 16.2. The third kappa shape index (κ3) is 3.65. The summed E-state index contributed by atoms with van der Waals surface area (Å²) < 4.78 is 0. The van der Waals surface area contributed by atoms with Crippen molar-refractivity contribution in [2.24, 2.45) is 0 Å². The van der Waals surface area contributed by atoms with E-state index >= 15 is 0 Å². The Morgan fingerprint density at radius 1 is 1.29 bits per heavy atom. The smallest absolute Gasteiger partial charge is 0.234 e. The minimum Gasteiger partial charge on any atom is -0.324 e. The molecule has 1 heterocycles. The molecule has 1 aromatic heterocycles. The maximum absolute atomic E-state index is 12.2. The van der Waals surface area contributed by atoms with Gasteiger partial charge < -0.3 is 5.32 Å². The average molecular weight is 355 g/mol. The minimum atomic E-state index is -0.242. The zero-order valence-corrected chi connectivity index (χ0v) is 13.9. The second-order valence-electron chi connectivity index (χ2n) is 4.88. The zero-order chi connectivity index (χ0) is 16.9. The van der Waals surface area contributed by atoms with Crippen LogP contribution in [0.25, 0.3) is 10.8 Å². The van der Waals surface area contributed by atoms with Gasteiger partial charge in [-0.15, -0.1) is 5.10 Å². The summed E-state index contributed by atoms with van der Waals surface area (Å²) in [5.74, 6) is -0.0893. The summed E-state index contributed by atoms with van der Waals surface area (Å²) in [6.45, 7) is 0. The van der Waals surface area contributed by atoms with Crippen molar-refractivity contribution in [2.45, 2.75) is 5.03 Å². The number of hydrogen-bond acceptors (Lipinski definition) is 5. The summed E-state index contributed by atoms with van der Waals surface area (Å²) in [5, 5.41) is 22.9. The monoisotopic (exact) mass is 354 g/mol. The molecule has 7 heteroatoms. The van der Waals surface area contributed by atoms with Gasteiger partial charge in [0.25, 0.3) is 0 Å². The quantitative estimate of drug-likeness (QED) is 0.719. The number of nitrogens with one attached hydrogen (secondary N) is 1. The number of amides is 1. The molecule has 3 aromatic rings. The maximum atomic E-state index is 12.2. The topological polar surface area (TPSA) is 78.7 Å². The molecule has 2 aromatic carbocycles. The Balaban J connectivity index is 1.72. The van der Waals surface area contributed by atoms with Crippen LogP contribution in [0.15, 0.2) is 53.7 Å². The molecule has 24 heavy (non-hydrogen) atoms. The number of nitriles is 1. The maximum Gasteiger partial charge on any atom is 0.234 e. The van der Waals surface area contributed by atoms with Gasteiger partial charge in [0.1, 0.15) is 11.1 Å². The zero-order valence-electron chi connectivity index (χ0n) is 12.4. The molecule has 0 spiro atoms. The van der Waals surface area contributed by atoms with Gasteiger partial charge in [-0.3, -0.25) is 4.79 Å². The van der Waals surface area contributed by atoms with E-state index in [1.807, 2.05) is 30.3 Å². The standard InChI is InChI=1S/C17H11ClN4OS/c18-13-6-5-11(8-19)15(7-13)21-16(23)10-24-17-14-4-2-1-3-12(14)9-20-22-17/h1-7,9H,10H2,(H,21,23). The molecular weight excluding hydrogens is 344 g/mol. The van der Waals surface area contributed by atoms with Gasteiger partial charge >= 0.3 is 0 Å². The van der Waals surface area contributed by atoms with Crippen molar-refractivity contribution in [2.75, 3.05) is 11.1 Å². The number of fused-ring (bicyclic) bond motifs is 1. The van der Waals surface area contributed by atoms with Crippen LogP contribution in [0.1, 0.15) is 5.56 Å². The Bertz CT molecular complexity index is 949. The Kier molecular flexibility index (Phi) is 4.94. The highest BCUT2D eigenvalue weighted by Crippen LogP contribution is 2.25. The summed E-state index contributed by atoms with van der Waals surface area (Å²) in [7, 11) is 0. The van der Waals surface area contributed by atoms with Crippen molar-refractivity contribution >= 4 is 45.7 Å². The summed E-state index contributed by atoms with van der Waals surface area (Å²) in [4.78, 5) is 12.2. The number of carbonyl (C=O) groups excluding carboxylic acids is 1. The lowest BCUT2D eigenvalue weighted by Gasteiger charge is -2.08. The van der Waals surface area contributed by atoms with Crippen molar-refractivity contribution in [3.63, 3.8) is 0 Å². The summed E-state index contributed by atoms with van der Waals surface area (Å²) in [6, 6.07) is 14.5. The largest absolute Gasteiger partial charge is 0.324 e. The molecule has 3 rings (SSSR count). The van der Waals surface area contributed by atoms with Gasteiger partial charge in [0.2, 0.25) is 5.91 Å². The predicted molar refractivity (Wildman–Crippen MR) is 95.1 cm³/mol. The Hall–Kier alpha value is -2.62. The van der Waals surface area contributed by atoms with Crippen LogP contribution in [0, 0.1) is 11.3 Å². The second-order valence-corrected chi connectivity index (χ2v) is 6.28. The van der Waals surface area contributed by atoms with E-state index in [0.29, 0.717) is 21.3 Å². The number of halogens is 1. The van der Waals surface area contributed by atoms with E-state index in [0.717, 1.165) is 10.8 Å². The highest BCUT2D eigenvalue weighted by atomic mass is 35.5. The van der Waals surface area contributed by atoms with Gasteiger partial charge in [-0.2, -0.15) is 10.4 Å². The number of benzene rings is 2. The number of nitrogens with zero attached hydrogens (tertiary/aromatic N) is 3. The highest BCUT2D eigenvalue weighted by molar-refractivity contribution is 8.00. The van der Waals surface area contributed by atoms with Crippen LogP contribution in [0.3, 0.4) is 0 Å². The minimum absolute atomic E-state index is 0.153. The van der Waals surface area contributed by atoms with Crippen molar-refractivity contribution < 1.29 is 4.79 Å². The summed E-state index contributed by atoms with van der Waals surface area (Å²) in [6.07, 6.45) is 1.69. The van der Waals surface area contributed by atoms with E-state index in [4.69, 9.17) is 16.9 Å². The van der Waals surface area contributed by atoms with Crippen LogP contribution in [0.2, 0.25) is 5.02 Å². The third-order valence-corrected chi connectivity index (χ3v) is 4.47. The Labute approximate surface area is 147 Å². The highest BCUT2D eigenvalue weighted by Gasteiger charge is 2.10. The first-order valence-electron chi connectivity index (χ1n) is 7.00. The molecule has 0 aliphatic heterocycles. The second kappa shape index (κ2) is 7.30. The molecule has 118 valence electrons.